The highest BCUT2D eigenvalue weighted by molar-refractivity contribution is 5.87. The normalized spacial score (nSPS) is 18.3. The first-order valence-corrected chi connectivity index (χ1v) is 6.57. The predicted octanol–water partition coefficient (Wildman–Crippen LogP) is -1.60. The maximum absolute atomic E-state index is 12.4. The molecule has 3 N–H and O–H groups in total. The molecule has 21 heavy (non-hydrogen) atoms. The lowest BCUT2D eigenvalue weighted by Crippen LogP contribution is -2.56. The predicted molar refractivity (Wildman–Crippen MR) is 75.5 cm³/mol. The van der Waals surface area contributed by atoms with Crippen LogP contribution in [0.3, 0.4) is 0 Å². The second-order valence-electron chi connectivity index (χ2n) is 4.72. The molecule has 1 unspecified atom stereocenters. The van der Waals surface area contributed by atoms with Crippen LogP contribution in [0.15, 0.2) is 23.1 Å². The van der Waals surface area contributed by atoms with Crippen LogP contribution in [0.2, 0.25) is 0 Å². The summed E-state index contributed by atoms with van der Waals surface area (Å²) in [5, 5.41) is 2.50. The van der Waals surface area contributed by atoms with E-state index in [-0.39, 0.29) is 30.5 Å². The van der Waals surface area contributed by atoms with Gasteiger partial charge in [0.25, 0.3) is 5.56 Å². The first kappa shape index (κ1) is 15.0. The molecular formula is C13H18N4O4. The Morgan fingerprint density at radius 2 is 2.24 bits per heavy atom. The van der Waals surface area contributed by atoms with Gasteiger partial charge in [0.1, 0.15) is 12.6 Å². The van der Waals surface area contributed by atoms with Gasteiger partial charge in [-0.2, -0.15) is 0 Å². The van der Waals surface area contributed by atoms with E-state index in [1.807, 2.05) is 0 Å². The van der Waals surface area contributed by atoms with Gasteiger partial charge >= 0.3 is 0 Å². The Hall–Kier alpha value is -2.35. The maximum atomic E-state index is 12.4. The number of nitrogens with one attached hydrogen (secondary N) is 1. The molecule has 8 heteroatoms. The molecule has 1 atom stereocenters. The maximum Gasteiger partial charge on any atom is 0.251 e. The summed E-state index contributed by atoms with van der Waals surface area (Å²) in [6.07, 6.45) is 1.41. The fraction of sp³-hybridized carbons (Fsp3) is 0.462. The second kappa shape index (κ2) is 6.40. The van der Waals surface area contributed by atoms with Crippen LogP contribution in [-0.4, -0.2) is 54.1 Å². The summed E-state index contributed by atoms with van der Waals surface area (Å²) >= 11 is 0. The summed E-state index contributed by atoms with van der Waals surface area (Å²) in [5.41, 5.74) is 5.69. The highest BCUT2D eigenvalue weighted by Crippen LogP contribution is 2.09. The fourth-order valence-electron chi connectivity index (χ4n) is 2.20. The topological polar surface area (TPSA) is 107 Å². The van der Waals surface area contributed by atoms with Gasteiger partial charge in [-0.15, -0.1) is 0 Å². The third-order valence-electron chi connectivity index (χ3n) is 3.31. The molecule has 0 bridgehead atoms. The average molecular weight is 294 g/mol. The third-order valence-corrected chi connectivity index (χ3v) is 3.31. The van der Waals surface area contributed by atoms with Crippen molar-refractivity contribution in [3.8, 4) is 0 Å². The molecule has 0 aromatic carbocycles. The SMILES string of the molecule is CNC(=O)C1COCCN1C(=O)Cn1cc(N)ccc1=O. The number of nitrogens with two attached hydrogens (primary N) is 1. The summed E-state index contributed by atoms with van der Waals surface area (Å²) in [6.45, 7) is 0.674. The van der Waals surface area contributed by atoms with Crippen molar-refractivity contribution in [1.82, 2.24) is 14.8 Å². The van der Waals surface area contributed by atoms with Crippen molar-refractivity contribution >= 4 is 17.5 Å². The molecule has 1 aliphatic heterocycles. The molecule has 0 saturated carbocycles. The first-order chi connectivity index (χ1) is 10.0. The van der Waals surface area contributed by atoms with Crippen LogP contribution < -0.4 is 16.6 Å². The lowest BCUT2D eigenvalue weighted by Gasteiger charge is -2.34. The molecule has 2 rings (SSSR count). The molecule has 8 nitrogen and oxygen atoms in total. The Morgan fingerprint density at radius 1 is 1.48 bits per heavy atom. The molecule has 1 saturated heterocycles. The van der Waals surface area contributed by atoms with Crippen LogP contribution in [-0.2, 0) is 20.9 Å². The van der Waals surface area contributed by atoms with Crippen LogP contribution in [0, 0.1) is 0 Å². The molecule has 1 aromatic rings. The Balaban J connectivity index is 2.16. The lowest BCUT2D eigenvalue weighted by atomic mass is 10.2. The first-order valence-electron chi connectivity index (χ1n) is 6.57. The summed E-state index contributed by atoms with van der Waals surface area (Å²) in [7, 11) is 1.50. The van der Waals surface area contributed by atoms with Crippen molar-refractivity contribution < 1.29 is 14.3 Å². The van der Waals surface area contributed by atoms with Crippen LogP contribution in [0.25, 0.3) is 0 Å². The summed E-state index contributed by atoms with van der Waals surface area (Å²) in [6, 6.07) is 2.11. The van der Waals surface area contributed by atoms with Gasteiger partial charge in [0, 0.05) is 31.5 Å². The minimum Gasteiger partial charge on any atom is -0.398 e. The zero-order valence-electron chi connectivity index (χ0n) is 11.7. The zero-order chi connectivity index (χ0) is 15.4. The van der Waals surface area contributed by atoms with Gasteiger partial charge in [0.15, 0.2) is 0 Å². The van der Waals surface area contributed by atoms with Crippen molar-refractivity contribution in [2.75, 3.05) is 32.5 Å². The number of anilines is 1. The third kappa shape index (κ3) is 3.40. The van der Waals surface area contributed by atoms with E-state index in [1.165, 1.54) is 34.8 Å². The number of nitrogens with zero attached hydrogens (tertiary/aromatic N) is 2. The van der Waals surface area contributed by atoms with Gasteiger partial charge in [-0.3, -0.25) is 14.4 Å². The number of nitrogen functional groups attached to an aromatic ring is 1. The molecule has 0 aliphatic carbocycles. The zero-order valence-corrected chi connectivity index (χ0v) is 11.7. The molecule has 0 radical (unpaired) electrons. The fourth-order valence-corrected chi connectivity index (χ4v) is 2.20. The monoisotopic (exact) mass is 294 g/mol. The van der Waals surface area contributed by atoms with E-state index in [2.05, 4.69) is 5.32 Å². The van der Waals surface area contributed by atoms with Crippen molar-refractivity contribution in [3.63, 3.8) is 0 Å². The molecule has 1 aliphatic rings. The Morgan fingerprint density at radius 3 is 2.95 bits per heavy atom. The van der Waals surface area contributed by atoms with Crippen molar-refractivity contribution in [2.24, 2.45) is 0 Å². The van der Waals surface area contributed by atoms with Gasteiger partial charge in [-0.25, -0.2) is 0 Å². The number of morpholine rings is 1. The van der Waals surface area contributed by atoms with Gasteiger partial charge in [0.2, 0.25) is 11.8 Å². The van der Waals surface area contributed by atoms with Gasteiger partial charge in [-0.1, -0.05) is 0 Å². The largest absolute Gasteiger partial charge is 0.398 e. The number of rotatable bonds is 3. The lowest BCUT2D eigenvalue weighted by molar-refractivity contribution is -0.148. The number of likely N-dealkylation sites (N-methyl/N-ethyl adjacent to an activating group) is 1. The Kier molecular flexibility index (Phi) is 4.59. The van der Waals surface area contributed by atoms with E-state index < -0.39 is 6.04 Å². The van der Waals surface area contributed by atoms with Crippen LogP contribution in [0.5, 0.6) is 0 Å². The van der Waals surface area contributed by atoms with E-state index in [9.17, 15) is 14.4 Å². The number of aromatic nitrogens is 1. The number of hydrogen-bond donors (Lipinski definition) is 2. The molecule has 114 valence electrons. The summed E-state index contributed by atoms with van der Waals surface area (Å²) in [4.78, 5) is 37.3. The summed E-state index contributed by atoms with van der Waals surface area (Å²) in [5.74, 6) is -0.609. The average Bonchev–Trinajstić information content (AvgIpc) is 2.50. The van der Waals surface area contributed by atoms with Crippen LogP contribution >= 0.6 is 0 Å². The smallest absolute Gasteiger partial charge is 0.251 e. The molecular weight excluding hydrogens is 276 g/mol. The van der Waals surface area contributed by atoms with Crippen molar-refractivity contribution in [3.05, 3.63) is 28.7 Å². The molecule has 1 fully saturated rings. The number of ether oxygens (including phenoxy) is 1. The highest BCUT2D eigenvalue weighted by atomic mass is 16.5. The molecule has 2 heterocycles. The number of carbonyl (C=O) groups excluding carboxylic acids is 2. The van der Waals surface area contributed by atoms with E-state index in [0.29, 0.717) is 18.8 Å². The van der Waals surface area contributed by atoms with Crippen LogP contribution in [0.4, 0.5) is 5.69 Å². The quantitative estimate of drug-likeness (QED) is 0.698. The van der Waals surface area contributed by atoms with Gasteiger partial charge in [-0.05, 0) is 6.07 Å². The number of amides is 2. The van der Waals surface area contributed by atoms with E-state index >= 15 is 0 Å². The second-order valence-corrected chi connectivity index (χ2v) is 4.72. The minimum absolute atomic E-state index is 0.150. The van der Waals surface area contributed by atoms with Gasteiger partial charge in [0.05, 0.1) is 13.2 Å². The Labute approximate surface area is 121 Å². The number of hydrogen-bond acceptors (Lipinski definition) is 5. The molecule has 2 amide bonds. The Bertz CT molecular complexity index is 598. The van der Waals surface area contributed by atoms with E-state index in [0.717, 1.165) is 0 Å². The number of carbonyl (C=O) groups is 2. The molecule has 0 spiro atoms. The molecule has 1 aromatic heterocycles. The van der Waals surface area contributed by atoms with Crippen LogP contribution in [0.1, 0.15) is 0 Å². The van der Waals surface area contributed by atoms with Crippen molar-refractivity contribution in [1.29, 1.82) is 0 Å². The minimum atomic E-state index is -0.673. The van der Waals surface area contributed by atoms with Crippen molar-refractivity contribution in [2.45, 2.75) is 12.6 Å². The van der Waals surface area contributed by atoms with E-state index in [4.69, 9.17) is 10.5 Å². The standard InChI is InChI=1S/C13H18N4O4/c1-15-13(20)10-8-21-5-4-17(10)12(19)7-16-6-9(14)2-3-11(16)18/h2-3,6,10H,4-5,7-8,14H2,1H3,(H,15,20). The van der Waals surface area contributed by atoms with Gasteiger partial charge < -0.3 is 25.3 Å². The summed E-state index contributed by atoms with van der Waals surface area (Å²) < 4.78 is 6.47. The highest BCUT2D eigenvalue weighted by Gasteiger charge is 2.32. The number of pyridine rings is 1. The van der Waals surface area contributed by atoms with E-state index in [1.54, 1.807) is 0 Å².